The molecule has 0 fully saturated rings. The van der Waals surface area contributed by atoms with Crippen molar-refractivity contribution in [3.63, 3.8) is 0 Å². The predicted molar refractivity (Wildman–Crippen MR) is 94.1 cm³/mol. The molecule has 0 saturated heterocycles. The van der Waals surface area contributed by atoms with Crippen molar-refractivity contribution < 1.29 is 4.79 Å². The van der Waals surface area contributed by atoms with Crippen LogP contribution in [0.2, 0.25) is 0 Å². The van der Waals surface area contributed by atoms with Crippen LogP contribution >= 0.6 is 22.7 Å². The molecule has 0 bridgehead atoms. The summed E-state index contributed by atoms with van der Waals surface area (Å²) in [5.74, 6) is -0.107. The van der Waals surface area contributed by atoms with Gasteiger partial charge in [0, 0.05) is 25.9 Å². The molecule has 4 rings (SSSR count). The smallest absolute Gasteiger partial charge is 0.267 e. The van der Waals surface area contributed by atoms with Crippen molar-refractivity contribution >= 4 is 54.4 Å². The third-order valence-corrected chi connectivity index (χ3v) is 5.54. The van der Waals surface area contributed by atoms with E-state index in [0.717, 1.165) is 10.7 Å². The Kier molecular flexibility index (Phi) is 3.17. The molecule has 2 aromatic carbocycles. The van der Waals surface area contributed by atoms with E-state index in [-0.39, 0.29) is 5.91 Å². The maximum absolute atomic E-state index is 12.2. The van der Waals surface area contributed by atoms with Gasteiger partial charge in [-0.05, 0) is 31.2 Å². The molecule has 0 radical (unpaired) electrons. The van der Waals surface area contributed by atoms with Crippen molar-refractivity contribution in [2.24, 2.45) is 0 Å². The van der Waals surface area contributed by atoms with E-state index >= 15 is 0 Å². The van der Waals surface area contributed by atoms with Gasteiger partial charge >= 0.3 is 0 Å². The van der Waals surface area contributed by atoms with Crippen LogP contribution in [0.3, 0.4) is 0 Å². The highest BCUT2D eigenvalue weighted by Crippen LogP contribution is 2.35. The monoisotopic (exact) mass is 324 g/mol. The molecule has 0 spiro atoms. The predicted octanol–water partition coefficient (Wildman–Crippen LogP) is 5.07. The van der Waals surface area contributed by atoms with Gasteiger partial charge in [-0.25, -0.2) is 4.98 Å². The van der Waals surface area contributed by atoms with Gasteiger partial charge in [-0.3, -0.25) is 4.79 Å². The molecule has 1 amide bonds. The zero-order chi connectivity index (χ0) is 15.1. The fraction of sp³-hybridized carbons (Fsp3) is 0.0588. The normalized spacial score (nSPS) is 11.1. The number of nitrogens with zero attached hydrogens (tertiary/aromatic N) is 1. The third kappa shape index (κ3) is 2.28. The molecule has 0 aliphatic carbocycles. The highest BCUT2D eigenvalue weighted by molar-refractivity contribution is 7.25. The zero-order valence-corrected chi connectivity index (χ0v) is 13.4. The molecule has 1 N–H and O–H groups in total. The van der Waals surface area contributed by atoms with E-state index in [4.69, 9.17) is 0 Å². The van der Waals surface area contributed by atoms with Crippen LogP contribution in [0.1, 0.15) is 14.7 Å². The first-order valence-corrected chi connectivity index (χ1v) is 8.49. The minimum Gasteiger partial charge on any atom is -0.321 e. The van der Waals surface area contributed by atoms with Crippen molar-refractivity contribution in [1.82, 2.24) is 4.98 Å². The summed E-state index contributed by atoms with van der Waals surface area (Å²) < 4.78 is 2.49. The van der Waals surface area contributed by atoms with Crippen molar-refractivity contribution in [2.45, 2.75) is 6.92 Å². The number of thiophene rings is 1. The maximum Gasteiger partial charge on any atom is 0.267 e. The first-order valence-electron chi connectivity index (χ1n) is 6.86. The summed E-state index contributed by atoms with van der Waals surface area (Å²) in [5.41, 5.74) is 0.812. The molecule has 2 aromatic heterocycles. The number of carbonyl (C=O) groups excluding carboxylic acids is 1. The highest BCUT2D eigenvalue weighted by atomic mass is 32.1. The first kappa shape index (κ1) is 13.4. The molecule has 0 saturated carbocycles. The van der Waals surface area contributed by atoms with E-state index in [0.29, 0.717) is 4.88 Å². The number of thiazole rings is 1. The number of amides is 1. The molecule has 0 aliphatic heterocycles. The lowest BCUT2D eigenvalue weighted by Crippen LogP contribution is -2.09. The standard InChI is InChI=1S/C17H12N2OS2/c1-10-18-9-16(21-10)17(20)19-11-6-7-15-13(8-11)12-4-2-3-5-14(12)22-15/h2-9H,1H3,(H,19,20). The number of aromatic nitrogens is 1. The van der Waals surface area contributed by atoms with Crippen LogP contribution in [0, 0.1) is 6.92 Å². The summed E-state index contributed by atoms with van der Waals surface area (Å²) in [6, 6.07) is 14.4. The second-order valence-electron chi connectivity index (χ2n) is 5.01. The maximum atomic E-state index is 12.2. The molecule has 108 valence electrons. The second-order valence-corrected chi connectivity index (χ2v) is 7.33. The van der Waals surface area contributed by atoms with Crippen molar-refractivity contribution in [3.05, 3.63) is 58.5 Å². The highest BCUT2D eigenvalue weighted by Gasteiger charge is 2.11. The molecule has 4 aromatic rings. The summed E-state index contributed by atoms with van der Waals surface area (Å²) in [4.78, 5) is 17.0. The van der Waals surface area contributed by atoms with Crippen LogP contribution in [-0.4, -0.2) is 10.9 Å². The molecule has 0 aliphatic rings. The van der Waals surface area contributed by atoms with E-state index in [9.17, 15) is 4.79 Å². The number of aryl methyl sites for hydroxylation is 1. The van der Waals surface area contributed by atoms with E-state index in [1.165, 1.54) is 31.5 Å². The van der Waals surface area contributed by atoms with Crippen LogP contribution in [0.25, 0.3) is 20.2 Å². The molecule has 3 nitrogen and oxygen atoms in total. The van der Waals surface area contributed by atoms with Gasteiger partial charge in [0.1, 0.15) is 4.88 Å². The number of fused-ring (bicyclic) bond motifs is 3. The number of rotatable bonds is 2. The summed E-state index contributed by atoms with van der Waals surface area (Å²) in [6.45, 7) is 1.89. The van der Waals surface area contributed by atoms with Gasteiger partial charge in [0.15, 0.2) is 0 Å². The van der Waals surface area contributed by atoms with E-state index in [1.807, 2.05) is 31.2 Å². The minimum atomic E-state index is -0.107. The van der Waals surface area contributed by atoms with Crippen molar-refractivity contribution in [1.29, 1.82) is 0 Å². The van der Waals surface area contributed by atoms with Crippen LogP contribution in [-0.2, 0) is 0 Å². The fourth-order valence-corrected chi connectivity index (χ4v) is 4.22. The zero-order valence-electron chi connectivity index (χ0n) is 11.8. The number of carbonyl (C=O) groups is 1. The van der Waals surface area contributed by atoms with E-state index in [1.54, 1.807) is 17.5 Å². The van der Waals surface area contributed by atoms with E-state index in [2.05, 4.69) is 28.5 Å². The summed E-state index contributed by atoms with van der Waals surface area (Å²) >= 11 is 3.17. The number of hydrogen-bond donors (Lipinski definition) is 1. The summed E-state index contributed by atoms with van der Waals surface area (Å²) in [5, 5.41) is 6.26. The Hall–Kier alpha value is -2.24. The summed E-state index contributed by atoms with van der Waals surface area (Å²) in [7, 11) is 0. The first-order chi connectivity index (χ1) is 10.7. The van der Waals surface area contributed by atoms with Gasteiger partial charge in [-0.1, -0.05) is 18.2 Å². The Balaban J connectivity index is 1.73. The Morgan fingerprint density at radius 1 is 1.05 bits per heavy atom. The quantitative estimate of drug-likeness (QED) is 0.559. The summed E-state index contributed by atoms with van der Waals surface area (Å²) in [6.07, 6.45) is 1.62. The largest absolute Gasteiger partial charge is 0.321 e. The van der Waals surface area contributed by atoms with Gasteiger partial charge in [-0.2, -0.15) is 0 Å². The molecular formula is C17H12N2OS2. The van der Waals surface area contributed by atoms with Crippen LogP contribution in [0.15, 0.2) is 48.7 Å². The van der Waals surface area contributed by atoms with Crippen LogP contribution in [0.5, 0.6) is 0 Å². The van der Waals surface area contributed by atoms with Crippen molar-refractivity contribution in [2.75, 3.05) is 5.32 Å². The molecule has 0 atom stereocenters. The number of hydrogen-bond acceptors (Lipinski definition) is 4. The Labute approximate surface area is 135 Å². The topological polar surface area (TPSA) is 42.0 Å². The number of benzene rings is 2. The van der Waals surface area contributed by atoms with Crippen molar-refractivity contribution in [3.8, 4) is 0 Å². The molecule has 5 heteroatoms. The van der Waals surface area contributed by atoms with Gasteiger partial charge in [0.25, 0.3) is 5.91 Å². The molecular weight excluding hydrogens is 312 g/mol. The lowest BCUT2D eigenvalue weighted by atomic mass is 10.1. The molecule has 0 unspecified atom stereocenters. The average Bonchev–Trinajstić information content (AvgIpc) is 3.11. The number of nitrogens with one attached hydrogen (secondary N) is 1. The molecule has 2 heterocycles. The van der Waals surface area contributed by atoms with E-state index < -0.39 is 0 Å². The average molecular weight is 324 g/mol. The molecule has 22 heavy (non-hydrogen) atoms. The fourth-order valence-electron chi connectivity index (χ4n) is 2.46. The van der Waals surface area contributed by atoms with Gasteiger partial charge in [-0.15, -0.1) is 22.7 Å². The minimum absolute atomic E-state index is 0.107. The van der Waals surface area contributed by atoms with Gasteiger partial charge in [0.05, 0.1) is 11.2 Å². The van der Waals surface area contributed by atoms with Gasteiger partial charge in [0.2, 0.25) is 0 Å². The second kappa shape index (κ2) is 5.19. The van der Waals surface area contributed by atoms with Gasteiger partial charge < -0.3 is 5.32 Å². The lowest BCUT2D eigenvalue weighted by Gasteiger charge is -2.03. The third-order valence-electron chi connectivity index (χ3n) is 3.48. The Bertz CT molecular complexity index is 1000. The Morgan fingerprint density at radius 2 is 1.86 bits per heavy atom. The Morgan fingerprint density at radius 3 is 2.68 bits per heavy atom. The van der Waals surface area contributed by atoms with Crippen LogP contribution in [0.4, 0.5) is 5.69 Å². The number of anilines is 1. The lowest BCUT2D eigenvalue weighted by molar-refractivity contribution is 0.103. The van der Waals surface area contributed by atoms with Crippen LogP contribution < -0.4 is 5.32 Å². The SMILES string of the molecule is Cc1ncc(C(=O)Nc2ccc3sc4ccccc4c3c2)s1.